The van der Waals surface area contributed by atoms with Crippen molar-refractivity contribution in [3.63, 3.8) is 0 Å². The number of Topliss-reactive ketones (excluding diaryl/α,β-unsaturated/α-hetero) is 3. The Morgan fingerprint density at radius 3 is 2.17 bits per heavy atom. The third kappa shape index (κ3) is 3.41. The molecule has 4 aromatic rings. The van der Waals surface area contributed by atoms with Gasteiger partial charge in [-0.1, -0.05) is 78.9 Å². The first-order chi connectivity index (χ1) is 20.4. The Bertz CT molecular complexity index is 1770. The number of nitrogens with zero attached hydrogens (tertiary/aromatic N) is 1. The van der Waals surface area contributed by atoms with Crippen LogP contribution in [-0.2, 0) is 0 Å². The number of carbonyl (C=O) groups excluding carboxylic acids is 3. The number of hydrogen-bond donors (Lipinski definition) is 0. The van der Waals surface area contributed by atoms with E-state index in [9.17, 15) is 14.4 Å². The average molecular weight is 556 g/mol. The Kier molecular flexibility index (Phi) is 5.91. The van der Waals surface area contributed by atoms with E-state index in [1.807, 2.05) is 60.4 Å². The monoisotopic (exact) mass is 555 g/mol. The largest absolute Gasteiger partial charge is 0.497 e. The zero-order valence-electron chi connectivity index (χ0n) is 23.5. The van der Waals surface area contributed by atoms with Crippen LogP contribution in [0.25, 0.3) is 6.08 Å². The maximum Gasteiger partial charge on any atom is 0.185 e. The molecule has 4 aromatic carbocycles. The van der Waals surface area contributed by atoms with Gasteiger partial charge in [0.2, 0.25) is 0 Å². The van der Waals surface area contributed by atoms with E-state index in [2.05, 4.69) is 0 Å². The Labute approximate surface area is 244 Å². The summed E-state index contributed by atoms with van der Waals surface area (Å²) in [5.74, 6) is -0.598. The highest BCUT2D eigenvalue weighted by atomic mass is 16.5. The van der Waals surface area contributed by atoms with Crippen LogP contribution < -0.4 is 14.4 Å². The van der Waals surface area contributed by atoms with E-state index < -0.39 is 23.4 Å². The molecule has 2 aliphatic heterocycles. The van der Waals surface area contributed by atoms with Gasteiger partial charge in [0.05, 0.1) is 20.3 Å². The van der Waals surface area contributed by atoms with Crippen LogP contribution >= 0.6 is 0 Å². The normalized spacial score (nSPS) is 21.2. The van der Waals surface area contributed by atoms with Crippen LogP contribution in [0.2, 0.25) is 0 Å². The van der Waals surface area contributed by atoms with Crippen molar-refractivity contribution < 1.29 is 23.9 Å². The van der Waals surface area contributed by atoms with Gasteiger partial charge in [-0.15, -0.1) is 0 Å². The summed E-state index contributed by atoms with van der Waals surface area (Å²) < 4.78 is 11.5. The number of benzene rings is 4. The predicted octanol–water partition coefficient (Wildman–Crippen LogP) is 6.33. The van der Waals surface area contributed by atoms with Gasteiger partial charge in [0.25, 0.3) is 0 Å². The van der Waals surface area contributed by atoms with E-state index in [0.29, 0.717) is 33.8 Å². The predicted molar refractivity (Wildman–Crippen MR) is 161 cm³/mol. The van der Waals surface area contributed by atoms with E-state index in [0.717, 1.165) is 16.8 Å². The lowest BCUT2D eigenvalue weighted by Gasteiger charge is -2.37. The lowest BCUT2D eigenvalue weighted by Crippen LogP contribution is -2.48. The molecule has 1 spiro atoms. The second kappa shape index (κ2) is 9.55. The molecule has 1 fully saturated rings. The standard InChI is InChI=1S/C36H29NO5/c1-21-13-14-22-15-18-30-36(34(39)25-11-7-8-12-26(25)35(36)40)31(27-20-24(41-2)16-17-29(27)42-3)32(37(30)28(22)19-21)33(38)23-9-5-4-6-10-23/h4-20,30-32H,1-3H3/t30-,31-,32+/m0/s1. The van der Waals surface area contributed by atoms with Crippen LogP contribution in [0.15, 0.2) is 97.1 Å². The number of anilines is 1. The maximum atomic E-state index is 14.8. The molecule has 6 nitrogen and oxygen atoms in total. The molecule has 7 rings (SSSR count). The quantitative estimate of drug-likeness (QED) is 0.212. The molecule has 1 aliphatic carbocycles. The minimum absolute atomic E-state index is 0.174. The maximum absolute atomic E-state index is 14.8. The zero-order valence-corrected chi connectivity index (χ0v) is 23.5. The fourth-order valence-electron chi connectivity index (χ4n) is 7.27. The SMILES string of the molecule is COc1ccc(OC)c([C@H]2[C@H](C(=O)c3ccccc3)N3c4cc(C)ccc4C=C[C@H]3C23C(=O)c2ccccc2C3=O)c1. The molecule has 1 saturated heterocycles. The number of ether oxygens (including phenoxy) is 2. The summed E-state index contributed by atoms with van der Waals surface area (Å²) in [6.45, 7) is 2.00. The third-order valence-corrected chi connectivity index (χ3v) is 9.06. The summed E-state index contributed by atoms with van der Waals surface area (Å²) >= 11 is 0. The number of methoxy groups -OCH3 is 2. The van der Waals surface area contributed by atoms with Crippen molar-refractivity contribution in [1.29, 1.82) is 0 Å². The van der Waals surface area contributed by atoms with Gasteiger partial charge in [-0.25, -0.2) is 0 Å². The van der Waals surface area contributed by atoms with E-state index in [4.69, 9.17) is 9.47 Å². The van der Waals surface area contributed by atoms with Gasteiger partial charge in [-0.2, -0.15) is 0 Å². The lowest BCUT2D eigenvalue weighted by molar-refractivity contribution is 0.0664. The molecule has 0 radical (unpaired) electrons. The van der Waals surface area contributed by atoms with Crippen molar-refractivity contribution in [1.82, 2.24) is 0 Å². The van der Waals surface area contributed by atoms with Crippen molar-refractivity contribution >= 4 is 29.1 Å². The van der Waals surface area contributed by atoms with E-state index in [-0.39, 0.29) is 17.3 Å². The number of ketones is 3. The van der Waals surface area contributed by atoms with E-state index >= 15 is 0 Å². The van der Waals surface area contributed by atoms with Crippen LogP contribution in [0.3, 0.4) is 0 Å². The average Bonchev–Trinajstić information content (AvgIpc) is 3.46. The molecule has 0 bridgehead atoms. The highest BCUT2D eigenvalue weighted by Crippen LogP contribution is 2.62. The van der Waals surface area contributed by atoms with Crippen molar-refractivity contribution in [2.24, 2.45) is 5.41 Å². The number of fused-ring (bicyclic) bond motifs is 5. The van der Waals surface area contributed by atoms with Crippen LogP contribution in [0.5, 0.6) is 11.5 Å². The fraction of sp³-hybridized carbons (Fsp3) is 0.194. The van der Waals surface area contributed by atoms with Crippen molar-refractivity contribution in [3.05, 3.63) is 130 Å². The number of aryl methyl sites for hydroxylation is 1. The highest BCUT2D eigenvalue weighted by Gasteiger charge is 2.72. The minimum Gasteiger partial charge on any atom is -0.497 e. The molecular weight excluding hydrogens is 526 g/mol. The number of carbonyl (C=O) groups is 3. The van der Waals surface area contributed by atoms with Crippen LogP contribution in [0, 0.1) is 12.3 Å². The van der Waals surface area contributed by atoms with Crippen LogP contribution in [-0.4, -0.2) is 43.7 Å². The number of rotatable bonds is 5. The Morgan fingerprint density at radius 2 is 1.50 bits per heavy atom. The first-order valence-electron chi connectivity index (χ1n) is 14.0. The Hall–Kier alpha value is -4.97. The van der Waals surface area contributed by atoms with Crippen LogP contribution in [0.1, 0.15) is 53.7 Å². The molecule has 0 N–H and O–H groups in total. The van der Waals surface area contributed by atoms with E-state index in [1.165, 1.54) is 0 Å². The number of hydrogen-bond acceptors (Lipinski definition) is 6. The van der Waals surface area contributed by atoms with Gasteiger partial charge in [0.15, 0.2) is 17.3 Å². The van der Waals surface area contributed by atoms with Gasteiger partial charge in [-0.3, -0.25) is 14.4 Å². The first-order valence-corrected chi connectivity index (χ1v) is 14.0. The molecule has 42 heavy (non-hydrogen) atoms. The molecule has 3 aliphatic rings. The molecule has 6 heteroatoms. The fourth-order valence-corrected chi connectivity index (χ4v) is 7.27. The topological polar surface area (TPSA) is 72.9 Å². The molecule has 0 saturated carbocycles. The van der Waals surface area contributed by atoms with E-state index in [1.54, 1.807) is 68.8 Å². The first kappa shape index (κ1) is 26.0. The molecule has 0 aromatic heterocycles. The molecule has 2 heterocycles. The molecule has 0 unspecified atom stereocenters. The summed E-state index contributed by atoms with van der Waals surface area (Å²) in [6, 6.07) is 25.9. The molecule has 3 atom stereocenters. The van der Waals surface area contributed by atoms with Crippen LogP contribution in [0.4, 0.5) is 5.69 Å². The van der Waals surface area contributed by atoms with Gasteiger partial charge < -0.3 is 14.4 Å². The highest BCUT2D eigenvalue weighted by molar-refractivity contribution is 6.32. The molecule has 0 amide bonds. The second-order valence-electron chi connectivity index (χ2n) is 11.1. The van der Waals surface area contributed by atoms with Crippen molar-refractivity contribution in [2.75, 3.05) is 19.1 Å². The third-order valence-electron chi connectivity index (χ3n) is 9.06. The van der Waals surface area contributed by atoms with Gasteiger partial charge >= 0.3 is 0 Å². The summed E-state index contributed by atoms with van der Waals surface area (Å²) in [7, 11) is 3.12. The zero-order chi connectivity index (χ0) is 29.2. The molecular formula is C36H29NO5. The van der Waals surface area contributed by atoms with Gasteiger partial charge in [-0.05, 0) is 42.3 Å². The van der Waals surface area contributed by atoms with Gasteiger partial charge in [0.1, 0.15) is 23.0 Å². The second-order valence-corrected chi connectivity index (χ2v) is 11.1. The lowest BCUT2D eigenvalue weighted by atomic mass is 9.64. The summed E-state index contributed by atoms with van der Waals surface area (Å²) in [5.41, 5.74) is 2.98. The Balaban J connectivity index is 1.59. The molecule has 208 valence electrons. The van der Waals surface area contributed by atoms with Crippen molar-refractivity contribution in [2.45, 2.75) is 24.9 Å². The summed E-state index contributed by atoms with van der Waals surface area (Å²) in [5, 5.41) is 0. The van der Waals surface area contributed by atoms with Gasteiger partial charge in [0, 0.05) is 33.9 Å². The minimum atomic E-state index is -1.61. The smallest absolute Gasteiger partial charge is 0.185 e. The Morgan fingerprint density at radius 1 is 0.810 bits per heavy atom. The summed E-state index contributed by atoms with van der Waals surface area (Å²) in [6.07, 6.45) is 3.90. The van der Waals surface area contributed by atoms with Crippen molar-refractivity contribution in [3.8, 4) is 11.5 Å². The summed E-state index contributed by atoms with van der Waals surface area (Å²) in [4.78, 5) is 46.5.